The molecule has 0 N–H and O–H groups in total. The zero-order valence-corrected chi connectivity index (χ0v) is 17.1. The molecule has 1 atom stereocenters. The Bertz CT molecular complexity index is 680. The van der Waals surface area contributed by atoms with Gasteiger partial charge in [0.1, 0.15) is 11.0 Å². The van der Waals surface area contributed by atoms with Crippen LogP contribution in [0.4, 0.5) is 5.82 Å². The van der Waals surface area contributed by atoms with Crippen LogP contribution in [0.15, 0.2) is 11.2 Å². The number of hydrogen-bond acceptors (Lipinski definition) is 7. The molecule has 0 aliphatic carbocycles. The van der Waals surface area contributed by atoms with E-state index in [-0.39, 0.29) is 28.3 Å². The van der Waals surface area contributed by atoms with Gasteiger partial charge in [0, 0.05) is 43.9 Å². The molecule has 2 rings (SSSR count). The molecule has 1 amide bonds. The normalized spacial score (nSPS) is 18.1. The van der Waals surface area contributed by atoms with E-state index in [1.807, 2.05) is 16.7 Å². The van der Waals surface area contributed by atoms with E-state index in [0.717, 1.165) is 11.8 Å². The van der Waals surface area contributed by atoms with Gasteiger partial charge in [-0.25, -0.2) is 9.97 Å². The molecule has 0 unspecified atom stereocenters. The standard InChI is InChI=1S/C17H25ClN4O3S/c1-11-9-21(5-6-22(11)14(23)8-17(2,3)4)13-7-12(18)19-16(20-13)26-10-15(24)25/h7,11H,5-6,8-10H2,1-4H3,(H,24,25)/p-1/t11-/m0/s1. The summed E-state index contributed by atoms with van der Waals surface area (Å²) in [7, 11) is 0. The molecule has 1 saturated heterocycles. The lowest BCUT2D eigenvalue weighted by molar-refractivity contribution is -0.301. The van der Waals surface area contributed by atoms with Gasteiger partial charge in [-0.15, -0.1) is 0 Å². The highest BCUT2D eigenvalue weighted by Crippen LogP contribution is 2.26. The monoisotopic (exact) mass is 399 g/mol. The summed E-state index contributed by atoms with van der Waals surface area (Å²) >= 11 is 7.03. The van der Waals surface area contributed by atoms with Crippen molar-refractivity contribution in [3.8, 4) is 0 Å². The molecule has 7 nitrogen and oxygen atoms in total. The Labute approximate surface area is 163 Å². The predicted octanol–water partition coefficient (Wildman–Crippen LogP) is 1.45. The molecule has 9 heteroatoms. The minimum atomic E-state index is -1.18. The average Bonchev–Trinajstić information content (AvgIpc) is 2.50. The van der Waals surface area contributed by atoms with Crippen LogP contribution in [0.3, 0.4) is 0 Å². The van der Waals surface area contributed by atoms with Crippen LogP contribution in [0.5, 0.6) is 0 Å². The number of thioether (sulfide) groups is 1. The quantitative estimate of drug-likeness (QED) is 0.420. The second-order valence-corrected chi connectivity index (χ2v) is 8.94. The summed E-state index contributed by atoms with van der Waals surface area (Å²) in [5.41, 5.74) is -0.0424. The third-order valence-electron chi connectivity index (χ3n) is 3.93. The molecule has 0 spiro atoms. The zero-order chi connectivity index (χ0) is 19.5. The summed E-state index contributed by atoms with van der Waals surface area (Å²) in [5, 5.41) is 11.2. The van der Waals surface area contributed by atoms with Gasteiger partial charge in [0.05, 0.1) is 5.97 Å². The summed E-state index contributed by atoms with van der Waals surface area (Å²) in [6.45, 7) is 10.1. The van der Waals surface area contributed by atoms with Crippen molar-refractivity contribution in [2.45, 2.75) is 45.3 Å². The molecular weight excluding hydrogens is 376 g/mol. The Kier molecular flexibility index (Phi) is 6.74. The maximum atomic E-state index is 12.5. The molecule has 1 aromatic heterocycles. The lowest BCUT2D eigenvalue weighted by Crippen LogP contribution is -2.54. The maximum absolute atomic E-state index is 12.5. The average molecular weight is 400 g/mol. The number of carboxylic acid groups (broad SMARTS) is 1. The van der Waals surface area contributed by atoms with Gasteiger partial charge < -0.3 is 19.7 Å². The van der Waals surface area contributed by atoms with Crippen LogP contribution < -0.4 is 10.0 Å². The van der Waals surface area contributed by atoms with Crippen molar-refractivity contribution in [2.24, 2.45) is 5.41 Å². The Morgan fingerprint density at radius 2 is 2.04 bits per heavy atom. The van der Waals surface area contributed by atoms with Crippen molar-refractivity contribution < 1.29 is 14.7 Å². The van der Waals surface area contributed by atoms with Crippen molar-refractivity contribution in [3.63, 3.8) is 0 Å². The Morgan fingerprint density at radius 1 is 1.35 bits per heavy atom. The van der Waals surface area contributed by atoms with E-state index in [4.69, 9.17) is 11.6 Å². The highest BCUT2D eigenvalue weighted by Gasteiger charge is 2.30. The molecule has 1 aromatic rings. The smallest absolute Gasteiger partial charge is 0.223 e. The number of carbonyl (C=O) groups is 2. The number of aromatic nitrogens is 2. The van der Waals surface area contributed by atoms with Crippen LogP contribution >= 0.6 is 23.4 Å². The highest BCUT2D eigenvalue weighted by molar-refractivity contribution is 7.99. The summed E-state index contributed by atoms with van der Waals surface area (Å²) in [6.07, 6.45) is 0.515. The first-order chi connectivity index (χ1) is 12.0. The van der Waals surface area contributed by atoms with Crippen molar-refractivity contribution in [1.29, 1.82) is 0 Å². The summed E-state index contributed by atoms with van der Waals surface area (Å²) in [4.78, 5) is 35.5. The molecule has 1 aliphatic rings. The highest BCUT2D eigenvalue weighted by atomic mass is 35.5. The Balaban J connectivity index is 2.06. The Hall–Kier alpha value is -1.54. The zero-order valence-electron chi connectivity index (χ0n) is 15.5. The van der Waals surface area contributed by atoms with Crippen LogP contribution in [0.2, 0.25) is 5.15 Å². The fourth-order valence-corrected chi connectivity index (χ4v) is 3.62. The second kappa shape index (κ2) is 8.43. The van der Waals surface area contributed by atoms with Crippen molar-refractivity contribution in [3.05, 3.63) is 11.2 Å². The largest absolute Gasteiger partial charge is 0.549 e. The van der Waals surface area contributed by atoms with E-state index < -0.39 is 5.97 Å². The third kappa shape index (κ3) is 6.02. The number of carboxylic acids is 1. The molecule has 144 valence electrons. The van der Waals surface area contributed by atoms with E-state index in [0.29, 0.717) is 37.0 Å². The first-order valence-corrected chi connectivity index (χ1v) is 9.83. The van der Waals surface area contributed by atoms with Crippen LogP contribution in [0.25, 0.3) is 0 Å². The van der Waals surface area contributed by atoms with E-state index >= 15 is 0 Å². The fraction of sp³-hybridized carbons (Fsp3) is 0.647. The van der Waals surface area contributed by atoms with Crippen molar-refractivity contribution in [1.82, 2.24) is 14.9 Å². The summed E-state index contributed by atoms with van der Waals surface area (Å²) in [6, 6.07) is 1.70. The topological polar surface area (TPSA) is 89.5 Å². The number of hydrogen-bond donors (Lipinski definition) is 0. The second-order valence-electron chi connectivity index (χ2n) is 7.61. The number of rotatable bonds is 5. The predicted molar refractivity (Wildman–Crippen MR) is 100 cm³/mol. The number of carbonyl (C=O) groups excluding carboxylic acids is 2. The molecule has 1 fully saturated rings. The SMILES string of the molecule is C[C@H]1CN(c2cc(Cl)nc(SCC(=O)[O-])n2)CCN1C(=O)CC(C)(C)C. The molecule has 0 bridgehead atoms. The number of halogens is 1. The molecule has 0 radical (unpaired) electrons. The number of amides is 1. The molecule has 1 aliphatic heterocycles. The van der Waals surface area contributed by atoms with Gasteiger partial charge in [-0.2, -0.15) is 0 Å². The molecular formula is C17H24ClN4O3S-. The van der Waals surface area contributed by atoms with Crippen LogP contribution in [-0.4, -0.2) is 58.2 Å². The maximum Gasteiger partial charge on any atom is 0.223 e. The van der Waals surface area contributed by atoms with Gasteiger partial charge in [-0.05, 0) is 12.3 Å². The van der Waals surface area contributed by atoms with Gasteiger partial charge in [-0.1, -0.05) is 44.1 Å². The van der Waals surface area contributed by atoms with Crippen LogP contribution in [-0.2, 0) is 9.59 Å². The lowest BCUT2D eigenvalue weighted by atomic mass is 9.91. The van der Waals surface area contributed by atoms with E-state index in [1.54, 1.807) is 6.07 Å². The molecule has 0 aromatic carbocycles. The number of anilines is 1. The van der Waals surface area contributed by atoms with E-state index in [9.17, 15) is 14.7 Å². The van der Waals surface area contributed by atoms with Gasteiger partial charge in [0.15, 0.2) is 5.16 Å². The number of aliphatic carboxylic acids is 1. The van der Waals surface area contributed by atoms with Crippen molar-refractivity contribution >= 4 is 41.1 Å². The summed E-state index contributed by atoms with van der Waals surface area (Å²) < 4.78 is 0. The van der Waals surface area contributed by atoms with Crippen LogP contribution in [0, 0.1) is 5.41 Å². The molecule has 26 heavy (non-hydrogen) atoms. The van der Waals surface area contributed by atoms with Gasteiger partial charge >= 0.3 is 0 Å². The van der Waals surface area contributed by atoms with Crippen LogP contribution in [0.1, 0.15) is 34.1 Å². The van der Waals surface area contributed by atoms with Gasteiger partial charge in [0.25, 0.3) is 0 Å². The minimum Gasteiger partial charge on any atom is -0.549 e. The molecule has 0 saturated carbocycles. The fourth-order valence-electron chi connectivity index (χ4n) is 2.83. The first-order valence-electron chi connectivity index (χ1n) is 8.47. The first kappa shape index (κ1) is 20.8. The minimum absolute atomic E-state index is 0.0424. The Morgan fingerprint density at radius 3 is 2.62 bits per heavy atom. The number of nitrogens with zero attached hydrogens (tertiary/aromatic N) is 4. The van der Waals surface area contributed by atoms with Crippen molar-refractivity contribution in [2.75, 3.05) is 30.3 Å². The van der Waals surface area contributed by atoms with E-state index in [1.165, 1.54) is 0 Å². The third-order valence-corrected chi connectivity index (χ3v) is 4.95. The van der Waals surface area contributed by atoms with E-state index in [2.05, 4.69) is 30.7 Å². The number of piperazine rings is 1. The van der Waals surface area contributed by atoms with Gasteiger partial charge in [0.2, 0.25) is 5.91 Å². The van der Waals surface area contributed by atoms with Gasteiger partial charge in [-0.3, -0.25) is 4.79 Å². The lowest BCUT2D eigenvalue weighted by Gasteiger charge is -2.41. The molecule has 2 heterocycles. The summed E-state index contributed by atoms with van der Waals surface area (Å²) in [5.74, 6) is -0.610.